The lowest BCUT2D eigenvalue weighted by molar-refractivity contribution is -0.120. The zero-order chi connectivity index (χ0) is 16.2. The number of nitriles is 1. The molecule has 1 N–H and O–H groups in total. The lowest BCUT2D eigenvalue weighted by atomic mass is 9.89. The minimum absolute atomic E-state index is 0.0144. The van der Waals surface area contributed by atoms with Crippen molar-refractivity contribution in [3.05, 3.63) is 34.2 Å². The second-order valence-corrected chi connectivity index (χ2v) is 7.08. The molecule has 23 heavy (non-hydrogen) atoms. The van der Waals surface area contributed by atoms with Crippen molar-refractivity contribution in [3.8, 4) is 17.3 Å². The van der Waals surface area contributed by atoms with Crippen LogP contribution in [-0.4, -0.2) is 10.9 Å². The van der Waals surface area contributed by atoms with Gasteiger partial charge in [-0.15, -0.1) is 0 Å². The van der Waals surface area contributed by atoms with Crippen molar-refractivity contribution < 1.29 is 4.79 Å². The van der Waals surface area contributed by atoms with Gasteiger partial charge in [0.05, 0.1) is 0 Å². The summed E-state index contributed by atoms with van der Waals surface area (Å²) in [5.41, 5.74) is 1.35. The third-order valence-corrected chi connectivity index (χ3v) is 5.14. The van der Waals surface area contributed by atoms with Crippen molar-refractivity contribution in [2.24, 2.45) is 5.92 Å². The van der Waals surface area contributed by atoms with Crippen LogP contribution in [0, 0.1) is 17.2 Å². The monoisotopic (exact) mass is 345 g/mol. The Labute approximate surface area is 144 Å². The molecule has 1 aliphatic rings. The number of hydrogen-bond acceptors (Lipinski definition) is 4. The normalized spacial score (nSPS) is 15.1. The first-order valence-electron chi connectivity index (χ1n) is 7.65. The number of amides is 1. The fraction of sp³-hybridized carbons (Fsp3) is 0.353. The maximum atomic E-state index is 12.3. The Balaban J connectivity index is 1.82. The number of anilines is 1. The molecule has 1 saturated carbocycles. The summed E-state index contributed by atoms with van der Waals surface area (Å²) >= 11 is 7.21. The van der Waals surface area contributed by atoms with E-state index in [4.69, 9.17) is 11.6 Å². The Morgan fingerprint density at radius 1 is 1.35 bits per heavy atom. The maximum Gasteiger partial charge on any atom is 0.229 e. The molecule has 0 bridgehead atoms. The minimum atomic E-state index is 0.0144. The van der Waals surface area contributed by atoms with E-state index in [0.717, 1.165) is 31.2 Å². The molecule has 0 unspecified atom stereocenters. The number of nitrogens with zero attached hydrogens (tertiary/aromatic N) is 2. The average molecular weight is 346 g/mol. The van der Waals surface area contributed by atoms with Crippen LogP contribution in [0.5, 0.6) is 0 Å². The number of carbonyl (C=O) groups is 1. The van der Waals surface area contributed by atoms with E-state index in [1.807, 2.05) is 12.1 Å². The van der Waals surface area contributed by atoms with Crippen LogP contribution in [0.25, 0.3) is 11.3 Å². The molecule has 0 spiro atoms. The first kappa shape index (κ1) is 16.0. The highest BCUT2D eigenvalue weighted by atomic mass is 35.5. The Kier molecular flexibility index (Phi) is 4.94. The Bertz CT molecular complexity index is 759. The molecule has 4 nitrogen and oxygen atoms in total. The van der Waals surface area contributed by atoms with Gasteiger partial charge >= 0.3 is 0 Å². The molecule has 0 aliphatic heterocycles. The zero-order valence-corrected chi connectivity index (χ0v) is 14.1. The van der Waals surface area contributed by atoms with Gasteiger partial charge in [-0.3, -0.25) is 4.79 Å². The Hall–Kier alpha value is -1.90. The summed E-state index contributed by atoms with van der Waals surface area (Å²) in [6, 6.07) is 9.36. The van der Waals surface area contributed by atoms with Gasteiger partial charge in [0.1, 0.15) is 16.6 Å². The van der Waals surface area contributed by atoms with E-state index in [1.54, 1.807) is 12.1 Å². The minimum Gasteiger partial charge on any atom is -0.302 e. The van der Waals surface area contributed by atoms with Gasteiger partial charge in [0, 0.05) is 16.5 Å². The van der Waals surface area contributed by atoms with E-state index >= 15 is 0 Å². The van der Waals surface area contributed by atoms with Gasteiger partial charge in [-0.25, -0.2) is 4.98 Å². The van der Waals surface area contributed by atoms with Crippen molar-refractivity contribution in [1.82, 2.24) is 4.98 Å². The average Bonchev–Trinajstić information content (AvgIpc) is 2.98. The van der Waals surface area contributed by atoms with Crippen molar-refractivity contribution in [3.63, 3.8) is 0 Å². The second-order valence-electron chi connectivity index (χ2n) is 5.64. The van der Waals surface area contributed by atoms with Crippen LogP contribution in [0.1, 0.15) is 37.0 Å². The van der Waals surface area contributed by atoms with Gasteiger partial charge in [0.15, 0.2) is 5.13 Å². The smallest absolute Gasteiger partial charge is 0.229 e. The molecule has 1 heterocycles. The molecule has 6 heteroatoms. The number of benzene rings is 1. The van der Waals surface area contributed by atoms with E-state index in [9.17, 15) is 10.1 Å². The van der Waals surface area contributed by atoms with E-state index in [1.165, 1.54) is 17.8 Å². The molecular formula is C17H16ClN3OS. The van der Waals surface area contributed by atoms with E-state index in [-0.39, 0.29) is 11.8 Å². The van der Waals surface area contributed by atoms with Crippen LogP contribution in [-0.2, 0) is 4.79 Å². The number of nitrogens with one attached hydrogen (secondary N) is 1. The first-order chi connectivity index (χ1) is 11.2. The molecule has 118 valence electrons. The number of thiazole rings is 1. The van der Waals surface area contributed by atoms with Crippen LogP contribution in [0.3, 0.4) is 0 Å². The van der Waals surface area contributed by atoms with Crippen molar-refractivity contribution in [1.29, 1.82) is 5.26 Å². The number of carbonyl (C=O) groups excluding carboxylic acids is 1. The van der Waals surface area contributed by atoms with E-state index < -0.39 is 0 Å². The van der Waals surface area contributed by atoms with Crippen LogP contribution in [0.15, 0.2) is 24.3 Å². The van der Waals surface area contributed by atoms with E-state index in [0.29, 0.717) is 20.7 Å². The lowest BCUT2D eigenvalue weighted by Crippen LogP contribution is -2.24. The van der Waals surface area contributed by atoms with Gasteiger partial charge in [-0.05, 0) is 25.0 Å². The predicted octanol–water partition coefficient (Wildman–Crippen LogP) is 4.85. The largest absolute Gasteiger partial charge is 0.302 e. The predicted molar refractivity (Wildman–Crippen MR) is 92.5 cm³/mol. The van der Waals surface area contributed by atoms with Gasteiger partial charge < -0.3 is 5.32 Å². The fourth-order valence-corrected chi connectivity index (χ4v) is 3.83. The summed E-state index contributed by atoms with van der Waals surface area (Å²) < 4.78 is 0. The molecule has 0 atom stereocenters. The summed E-state index contributed by atoms with van der Waals surface area (Å²) in [5, 5.41) is 13.3. The molecule has 1 amide bonds. The quantitative estimate of drug-likeness (QED) is 0.864. The van der Waals surface area contributed by atoms with Gasteiger partial charge in [-0.1, -0.05) is 54.3 Å². The summed E-state index contributed by atoms with van der Waals surface area (Å²) in [6.45, 7) is 0. The maximum absolute atomic E-state index is 12.3. The van der Waals surface area contributed by atoms with Gasteiger partial charge in [0.25, 0.3) is 0 Å². The SMILES string of the molecule is N#Cc1sc(NC(=O)C2CCCCC2)nc1-c1cccc(Cl)c1. The topological polar surface area (TPSA) is 65.8 Å². The highest BCUT2D eigenvalue weighted by Gasteiger charge is 2.23. The fourth-order valence-electron chi connectivity index (χ4n) is 2.85. The molecular weight excluding hydrogens is 330 g/mol. The van der Waals surface area contributed by atoms with Crippen LogP contribution in [0.4, 0.5) is 5.13 Å². The molecule has 0 saturated heterocycles. The van der Waals surface area contributed by atoms with E-state index in [2.05, 4.69) is 16.4 Å². The van der Waals surface area contributed by atoms with Gasteiger partial charge in [-0.2, -0.15) is 5.26 Å². The summed E-state index contributed by atoms with van der Waals surface area (Å²) in [4.78, 5) is 17.2. The summed E-state index contributed by atoms with van der Waals surface area (Å²) in [7, 11) is 0. The van der Waals surface area contributed by atoms with Crippen LogP contribution in [0.2, 0.25) is 5.02 Å². The third-order valence-electron chi connectivity index (χ3n) is 4.03. The standard InChI is InChI=1S/C17H16ClN3OS/c18-13-8-4-7-12(9-13)15-14(10-19)23-17(20-15)21-16(22)11-5-2-1-3-6-11/h4,7-9,11H,1-3,5-6H2,(H,20,21,22). The highest BCUT2D eigenvalue weighted by molar-refractivity contribution is 7.16. The van der Waals surface area contributed by atoms with Crippen LogP contribution < -0.4 is 5.32 Å². The first-order valence-corrected chi connectivity index (χ1v) is 8.84. The van der Waals surface area contributed by atoms with Crippen LogP contribution >= 0.6 is 22.9 Å². The Morgan fingerprint density at radius 2 is 2.13 bits per heavy atom. The molecule has 1 aromatic heterocycles. The van der Waals surface area contributed by atoms with Gasteiger partial charge in [0.2, 0.25) is 5.91 Å². The summed E-state index contributed by atoms with van der Waals surface area (Å²) in [6.07, 6.45) is 5.28. The molecule has 1 aromatic carbocycles. The highest BCUT2D eigenvalue weighted by Crippen LogP contribution is 2.32. The number of aromatic nitrogens is 1. The molecule has 2 aromatic rings. The summed E-state index contributed by atoms with van der Waals surface area (Å²) in [5.74, 6) is 0.0772. The van der Waals surface area contributed by atoms with Crippen molar-refractivity contribution >= 4 is 34.0 Å². The molecule has 1 aliphatic carbocycles. The third kappa shape index (κ3) is 3.72. The number of hydrogen-bond donors (Lipinski definition) is 1. The number of rotatable bonds is 3. The molecule has 1 fully saturated rings. The van der Waals surface area contributed by atoms with Crippen molar-refractivity contribution in [2.75, 3.05) is 5.32 Å². The second kappa shape index (κ2) is 7.12. The molecule has 3 rings (SSSR count). The number of halogens is 1. The van der Waals surface area contributed by atoms with Crippen molar-refractivity contribution in [2.45, 2.75) is 32.1 Å². The zero-order valence-electron chi connectivity index (χ0n) is 12.5. The lowest BCUT2D eigenvalue weighted by Gasteiger charge is -2.19. The Morgan fingerprint density at radius 3 is 2.83 bits per heavy atom. The molecule has 0 radical (unpaired) electrons.